The molecule has 0 saturated carbocycles. The molecular formula is C25H39ClN4O3. The van der Waals surface area contributed by atoms with Crippen LogP contribution in [0.4, 0.5) is 9.59 Å². The average Bonchev–Trinajstić information content (AvgIpc) is 3.42. The minimum Gasteiger partial charge on any atom is -0.444 e. The molecule has 8 heteroatoms. The van der Waals surface area contributed by atoms with E-state index in [-0.39, 0.29) is 24.2 Å². The minimum atomic E-state index is -0.525. The number of hydrogen-bond donors (Lipinski definition) is 0. The molecule has 0 spiro atoms. The highest BCUT2D eigenvalue weighted by Crippen LogP contribution is 2.22. The second-order valence-corrected chi connectivity index (χ2v) is 10.8. The average molecular weight is 479 g/mol. The number of urea groups is 1. The number of likely N-dealkylation sites (N-methyl/N-ethyl adjacent to an activating group) is 2. The molecule has 33 heavy (non-hydrogen) atoms. The van der Waals surface area contributed by atoms with Crippen LogP contribution in [0.2, 0.25) is 5.02 Å². The summed E-state index contributed by atoms with van der Waals surface area (Å²) in [6, 6.07) is 8.34. The molecule has 2 aliphatic heterocycles. The van der Waals surface area contributed by atoms with Gasteiger partial charge in [0.25, 0.3) is 0 Å². The van der Waals surface area contributed by atoms with Crippen molar-refractivity contribution < 1.29 is 14.3 Å². The van der Waals surface area contributed by atoms with E-state index < -0.39 is 5.60 Å². The summed E-state index contributed by atoms with van der Waals surface area (Å²) in [4.78, 5) is 33.3. The lowest BCUT2D eigenvalue weighted by atomic mass is 10.1. The lowest BCUT2D eigenvalue weighted by molar-refractivity contribution is 0.0229. The Labute approximate surface area is 203 Å². The molecule has 0 aliphatic carbocycles. The van der Waals surface area contributed by atoms with E-state index in [1.165, 1.54) is 5.56 Å². The van der Waals surface area contributed by atoms with Gasteiger partial charge < -0.3 is 24.3 Å². The molecule has 184 valence electrons. The van der Waals surface area contributed by atoms with E-state index in [1.807, 2.05) is 49.8 Å². The lowest BCUT2D eigenvalue weighted by Crippen LogP contribution is -2.48. The van der Waals surface area contributed by atoms with Gasteiger partial charge in [-0.1, -0.05) is 23.7 Å². The van der Waals surface area contributed by atoms with Gasteiger partial charge in [-0.3, -0.25) is 0 Å². The van der Waals surface area contributed by atoms with E-state index in [0.29, 0.717) is 13.1 Å². The number of carbonyl (C=O) groups excluding carboxylic acids is 2. The smallest absolute Gasteiger partial charge is 0.410 e. The molecule has 2 aliphatic rings. The van der Waals surface area contributed by atoms with Crippen molar-refractivity contribution in [1.82, 2.24) is 19.6 Å². The second-order valence-electron chi connectivity index (χ2n) is 10.3. The molecule has 2 saturated heterocycles. The third-order valence-corrected chi connectivity index (χ3v) is 6.87. The van der Waals surface area contributed by atoms with Crippen molar-refractivity contribution >= 4 is 23.7 Å². The Bertz CT molecular complexity index is 811. The predicted molar refractivity (Wildman–Crippen MR) is 132 cm³/mol. The summed E-state index contributed by atoms with van der Waals surface area (Å²) in [5.41, 5.74) is 0.783. The van der Waals surface area contributed by atoms with Crippen molar-refractivity contribution in [1.29, 1.82) is 0 Å². The number of halogens is 1. The first kappa shape index (κ1) is 25.6. The van der Waals surface area contributed by atoms with Crippen LogP contribution in [0.25, 0.3) is 0 Å². The van der Waals surface area contributed by atoms with Gasteiger partial charge in [0.15, 0.2) is 0 Å². The third-order valence-electron chi connectivity index (χ3n) is 6.61. The van der Waals surface area contributed by atoms with Gasteiger partial charge >= 0.3 is 12.1 Å². The number of ether oxygens (including phenoxy) is 1. The molecule has 3 rings (SSSR count). The van der Waals surface area contributed by atoms with Gasteiger partial charge in [-0.25, -0.2) is 9.59 Å². The fraction of sp³-hybridized carbons (Fsp3) is 0.680. The summed E-state index contributed by atoms with van der Waals surface area (Å²) in [6.07, 6.45) is 3.57. The second kappa shape index (κ2) is 11.0. The highest BCUT2D eigenvalue weighted by Gasteiger charge is 2.36. The van der Waals surface area contributed by atoms with E-state index in [0.717, 1.165) is 50.3 Å². The van der Waals surface area contributed by atoms with Crippen molar-refractivity contribution in [2.75, 3.05) is 46.8 Å². The van der Waals surface area contributed by atoms with E-state index >= 15 is 0 Å². The Morgan fingerprint density at radius 2 is 1.67 bits per heavy atom. The molecule has 2 unspecified atom stereocenters. The Hall–Kier alpha value is -1.99. The number of benzene rings is 1. The molecule has 0 aromatic heterocycles. The number of nitrogens with zero attached hydrogens (tertiary/aromatic N) is 4. The van der Waals surface area contributed by atoms with Crippen molar-refractivity contribution in [2.45, 2.75) is 64.1 Å². The van der Waals surface area contributed by atoms with Crippen molar-refractivity contribution in [3.63, 3.8) is 0 Å². The van der Waals surface area contributed by atoms with Crippen LogP contribution in [0.3, 0.4) is 0 Å². The standard InChI is InChI=1S/C25H39ClN4O3/c1-25(2,3)33-24(32)28(5)22-13-16-30(18-22)23(31)27(4)21-12-15-29(17-21)14-6-7-19-8-10-20(26)11-9-19/h8-11,21-22H,6-7,12-18H2,1-5H3. The fourth-order valence-electron chi connectivity index (χ4n) is 4.58. The first-order valence-electron chi connectivity index (χ1n) is 12.0. The van der Waals surface area contributed by atoms with Crippen molar-refractivity contribution in [2.24, 2.45) is 0 Å². The first-order chi connectivity index (χ1) is 15.5. The van der Waals surface area contributed by atoms with Crippen LogP contribution < -0.4 is 0 Å². The number of amides is 3. The monoisotopic (exact) mass is 478 g/mol. The number of rotatable bonds is 6. The Morgan fingerprint density at radius 1 is 1.03 bits per heavy atom. The summed E-state index contributed by atoms with van der Waals surface area (Å²) in [7, 11) is 3.67. The largest absolute Gasteiger partial charge is 0.444 e. The number of likely N-dealkylation sites (tertiary alicyclic amines) is 2. The van der Waals surface area contributed by atoms with Crippen LogP contribution in [-0.2, 0) is 11.2 Å². The maximum Gasteiger partial charge on any atom is 0.410 e. The topological polar surface area (TPSA) is 56.3 Å². The van der Waals surface area contributed by atoms with Gasteiger partial charge in [0.2, 0.25) is 0 Å². The molecule has 3 amide bonds. The maximum absolute atomic E-state index is 13.1. The maximum atomic E-state index is 13.1. The number of hydrogen-bond acceptors (Lipinski definition) is 4. The number of aryl methyl sites for hydroxylation is 1. The van der Waals surface area contributed by atoms with Gasteiger partial charge in [0.05, 0.1) is 6.04 Å². The summed E-state index contributed by atoms with van der Waals surface area (Å²) in [6.45, 7) is 9.77. The third kappa shape index (κ3) is 7.24. The van der Waals surface area contributed by atoms with Crippen LogP contribution in [-0.4, -0.2) is 96.2 Å². The quantitative estimate of drug-likeness (QED) is 0.610. The van der Waals surface area contributed by atoms with Crippen molar-refractivity contribution in [3.8, 4) is 0 Å². The molecule has 0 N–H and O–H groups in total. The van der Waals surface area contributed by atoms with E-state index in [9.17, 15) is 9.59 Å². The highest BCUT2D eigenvalue weighted by atomic mass is 35.5. The summed E-state index contributed by atoms with van der Waals surface area (Å²) < 4.78 is 5.48. The van der Waals surface area contributed by atoms with E-state index in [1.54, 1.807) is 11.9 Å². The van der Waals surface area contributed by atoms with Gasteiger partial charge in [0.1, 0.15) is 5.60 Å². The zero-order valence-electron chi connectivity index (χ0n) is 20.7. The Balaban J connectivity index is 1.41. The van der Waals surface area contributed by atoms with E-state index in [2.05, 4.69) is 17.0 Å². The van der Waals surface area contributed by atoms with Crippen molar-refractivity contribution in [3.05, 3.63) is 34.9 Å². The molecule has 2 fully saturated rings. The van der Waals surface area contributed by atoms with Crippen LogP contribution in [0.15, 0.2) is 24.3 Å². The molecule has 1 aromatic carbocycles. The van der Waals surface area contributed by atoms with Crippen LogP contribution in [0.5, 0.6) is 0 Å². The fourth-order valence-corrected chi connectivity index (χ4v) is 4.71. The normalized spacial score (nSPS) is 21.3. The zero-order chi connectivity index (χ0) is 24.2. The van der Waals surface area contributed by atoms with Gasteiger partial charge in [-0.05, 0) is 70.7 Å². The zero-order valence-corrected chi connectivity index (χ0v) is 21.5. The SMILES string of the molecule is CN(C(=O)OC(C)(C)C)C1CCN(C(=O)N(C)C2CCN(CCCc3ccc(Cl)cc3)C2)C1. The predicted octanol–water partition coefficient (Wildman–Crippen LogP) is 4.34. The molecule has 2 atom stereocenters. The molecule has 0 bridgehead atoms. The van der Waals surface area contributed by atoms with Crippen LogP contribution in [0.1, 0.15) is 45.6 Å². The molecule has 0 radical (unpaired) electrons. The Morgan fingerprint density at radius 3 is 2.33 bits per heavy atom. The Kier molecular flexibility index (Phi) is 8.51. The molecule has 1 aromatic rings. The van der Waals surface area contributed by atoms with Crippen LogP contribution >= 0.6 is 11.6 Å². The molecular weight excluding hydrogens is 440 g/mol. The number of carbonyl (C=O) groups is 2. The molecule has 7 nitrogen and oxygen atoms in total. The van der Waals surface area contributed by atoms with Gasteiger partial charge in [-0.15, -0.1) is 0 Å². The minimum absolute atomic E-state index is 0.00913. The van der Waals surface area contributed by atoms with Gasteiger partial charge in [-0.2, -0.15) is 0 Å². The summed E-state index contributed by atoms with van der Waals surface area (Å²) >= 11 is 5.96. The van der Waals surface area contributed by atoms with E-state index in [4.69, 9.17) is 16.3 Å². The highest BCUT2D eigenvalue weighted by molar-refractivity contribution is 6.30. The summed E-state index contributed by atoms with van der Waals surface area (Å²) in [5, 5.41) is 0.773. The lowest BCUT2D eigenvalue weighted by Gasteiger charge is -2.31. The molecule has 2 heterocycles. The summed E-state index contributed by atoms with van der Waals surface area (Å²) in [5.74, 6) is 0. The first-order valence-corrected chi connectivity index (χ1v) is 12.4. The van der Waals surface area contributed by atoms with Crippen LogP contribution in [0, 0.1) is 0 Å². The van der Waals surface area contributed by atoms with Gasteiger partial charge in [0, 0.05) is 51.3 Å².